The first-order valence-electron chi connectivity index (χ1n) is 4.66. The van der Waals surface area contributed by atoms with E-state index in [2.05, 4.69) is 9.71 Å². The molecular weight excluding hydrogens is 268 g/mol. The van der Waals surface area contributed by atoms with Crippen molar-refractivity contribution in [3.8, 4) is 0 Å². The van der Waals surface area contributed by atoms with Crippen molar-refractivity contribution in [1.29, 1.82) is 0 Å². The number of sulfonamides is 1. The second kappa shape index (κ2) is 5.54. The molecule has 1 aromatic rings. The Balaban J connectivity index is 2.54. The Bertz CT molecular complexity index is 496. The number of thiazole rings is 1. The SMILES string of the molecule is Cc1ncc(S(=O)(=O)NCC[C@H](O)C(=O)O)s1. The highest BCUT2D eigenvalue weighted by Crippen LogP contribution is 2.17. The average Bonchev–Trinajstić information content (AvgIpc) is 2.65. The Morgan fingerprint density at radius 1 is 1.65 bits per heavy atom. The van der Waals surface area contributed by atoms with Gasteiger partial charge in [0.25, 0.3) is 10.0 Å². The standard InChI is InChI=1S/C8H12N2O5S2/c1-5-9-4-7(16-5)17(14,15)10-3-2-6(11)8(12)13/h4,6,10-11H,2-3H2,1H3,(H,12,13)/t6-/m0/s1. The van der Waals surface area contributed by atoms with Crippen molar-refractivity contribution in [1.82, 2.24) is 9.71 Å². The Hall–Kier alpha value is -1.03. The van der Waals surface area contributed by atoms with Gasteiger partial charge in [0, 0.05) is 6.54 Å². The second-order valence-electron chi connectivity index (χ2n) is 3.24. The van der Waals surface area contributed by atoms with Crippen LogP contribution in [0.25, 0.3) is 0 Å². The van der Waals surface area contributed by atoms with Gasteiger partial charge in [0.05, 0.1) is 11.2 Å². The van der Waals surface area contributed by atoms with Crippen LogP contribution in [-0.2, 0) is 14.8 Å². The van der Waals surface area contributed by atoms with Crippen molar-refractivity contribution < 1.29 is 23.4 Å². The lowest BCUT2D eigenvalue weighted by atomic mass is 10.3. The minimum Gasteiger partial charge on any atom is -0.479 e. The minimum atomic E-state index is -3.66. The minimum absolute atomic E-state index is 0.0693. The third-order valence-corrected chi connectivity index (χ3v) is 4.69. The van der Waals surface area contributed by atoms with E-state index >= 15 is 0 Å². The molecule has 3 N–H and O–H groups in total. The summed E-state index contributed by atoms with van der Waals surface area (Å²) >= 11 is 1.02. The first-order chi connectivity index (χ1) is 7.83. The molecule has 0 fully saturated rings. The van der Waals surface area contributed by atoms with E-state index < -0.39 is 22.1 Å². The quantitative estimate of drug-likeness (QED) is 0.650. The molecule has 0 unspecified atom stereocenters. The average molecular weight is 280 g/mol. The van der Waals surface area contributed by atoms with E-state index in [1.165, 1.54) is 6.20 Å². The number of hydrogen-bond acceptors (Lipinski definition) is 6. The van der Waals surface area contributed by atoms with E-state index in [0.717, 1.165) is 11.3 Å². The monoisotopic (exact) mass is 280 g/mol. The largest absolute Gasteiger partial charge is 0.479 e. The molecule has 1 aromatic heterocycles. The normalized spacial score (nSPS) is 13.5. The number of carboxylic acid groups (broad SMARTS) is 1. The summed E-state index contributed by atoms with van der Waals surface area (Å²) in [5, 5.41) is 18.0. The van der Waals surface area contributed by atoms with Crippen LogP contribution in [0.2, 0.25) is 0 Å². The molecule has 0 amide bonds. The summed E-state index contributed by atoms with van der Waals surface area (Å²) in [6, 6.07) is 0. The van der Waals surface area contributed by atoms with Crippen molar-refractivity contribution in [3.05, 3.63) is 11.2 Å². The highest BCUT2D eigenvalue weighted by molar-refractivity contribution is 7.91. The molecule has 7 nitrogen and oxygen atoms in total. The van der Waals surface area contributed by atoms with E-state index in [4.69, 9.17) is 10.2 Å². The van der Waals surface area contributed by atoms with Gasteiger partial charge in [-0.2, -0.15) is 0 Å². The summed E-state index contributed by atoms with van der Waals surface area (Å²) < 4.78 is 25.5. The van der Waals surface area contributed by atoms with Crippen LogP contribution in [-0.4, -0.2) is 42.2 Å². The lowest BCUT2D eigenvalue weighted by Gasteiger charge is -2.06. The molecule has 0 aliphatic rings. The molecule has 96 valence electrons. The van der Waals surface area contributed by atoms with Crippen LogP contribution in [0, 0.1) is 6.92 Å². The maximum absolute atomic E-state index is 11.6. The number of carbonyl (C=O) groups is 1. The molecule has 17 heavy (non-hydrogen) atoms. The fourth-order valence-electron chi connectivity index (χ4n) is 0.991. The summed E-state index contributed by atoms with van der Waals surface area (Å²) in [7, 11) is -3.66. The number of nitrogens with zero attached hydrogens (tertiary/aromatic N) is 1. The van der Waals surface area contributed by atoms with Crippen LogP contribution in [0.1, 0.15) is 11.4 Å². The van der Waals surface area contributed by atoms with Gasteiger partial charge in [-0.3, -0.25) is 0 Å². The molecule has 1 rings (SSSR count). The summed E-state index contributed by atoms with van der Waals surface area (Å²) in [5.74, 6) is -1.38. The van der Waals surface area contributed by atoms with Gasteiger partial charge in [-0.1, -0.05) is 0 Å². The lowest BCUT2D eigenvalue weighted by molar-refractivity contribution is -0.146. The molecule has 0 spiro atoms. The number of hydrogen-bond donors (Lipinski definition) is 3. The van der Waals surface area contributed by atoms with E-state index in [0.29, 0.717) is 5.01 Å². The lowest BCUT2D eigenvalue weighted by Crippen LogP contribution is -2.29. The smallest absolute Gasteiger partial charge is 0.332 e. The second-order valence-corrected chi connectivity index (χ2v) is 6.47. The van der Waals surface area contributed by atoms with Crippen LogP contribution in [0.15, 0.2) is 10.4 Å². The van der Waals surface area contributed by atoms with Gasteiger partial charge in [-0.25, -0.2) is 22.9 Å². The van der Waals surface area contributed by atoms with Crippen LogP contribution < -0.4 is 4.72 Å². The zero-order chi connectivity index (χ0) is 13.1. The zero-order valence-electron chi connectivity index (χ0n) is 8.95. The molecule has 0 aliphatic carbocycles. The molecular formula is C8H12N2O5S2. The first kappa shape index (κ1) is 14.0. The van der Waals surface area contributed by atoms with Crippen LogP contribution in [0.5, 0.6) is 0 Å². The molecule has 0 aromatic carbocycles. The molecule has 0 radical (unpaired) electrons. The fourth-order valence-corrected chi connectivity index (χ4v) is 3.19. The number of aliphatic hydroxyl groups excluding tert-OH is 1. The number of carboxylic acids is 1. The number of aliphatic carboxylic acids is 1. The topological polar surface area (TPSA) is 117 Å². The molecule has 9 heteroatoms. The maximum Gasteiger partial charge on any atom is 0.332 e. The van der Waals surface area contributed by atoms with Crippen molar-refractivity contribution in [2.24, 2.45) is 0 Å². The van der Waals surface area contributed by atoms with E-state index in [1.807, 2.05) is 0 Å². The molecule has 1 atom stereocenters. The Morgan fingerprint density at radius 3 is 2.76 bits per heavy atom. The summed E-state index contributed by atoms with van der Waals surface area (Å²) in [4.78, 5) is 14.1. The van der Waals surface area contributed by atoms with Gasteiger partial charge in [-0.15, -0.1) is 11.3 Å². The molecule has 0 saturated heterocycles. The van der Waals surface area contributed by atoms with E-state index in [9.17, 15) is 13.2 Å². The van der Waals surface area contributed by atoms with Gasteiger partial charge >= 0.3 is 5.97 Å². The van der Waals surface area contributed by atoms with Crippen molar-refractivity contribution in [2.45, 2.75) is 23.7 Å². The van der Waals surface area contributed by atoms with E-state index in [1.54, 1.807) is 6.92 Å². The number of aromatic nitrogens is 1. The Morgan fingerprint density at radius 2 is 2.29 bits per heavy atom. The van der Waals surface area contributed by atoms with Crippen LogP contribution >= 0.6 is 11.3 Å². The summed E-state index contributed by atoms with van der Waals surface area (Å²) in [6.45, 7) is 1.53. The van der Waals surface area contributed by atoms with Crippen molar-refractivity contribution in [3.63, 3.8) is 0 Å². The van der Waals surface area contributed by atoms with E-state index in [-0.39, 0.29) is 17.2 Å². The first-order valence-corrected chi connectivity index (χ1v) is 6.96. The Kier molecular flexibility index (Phi) is 4.57. The highest BCUT2D eigenvalue weighted by Gasteiger charge is 2.18. The predicted octanol–water partition coefficient (Wildman–Crippen LogP) is -0.435. The van der Waals surface area contributed by atoms with Gasteiger partial charge in [-0.05, 0) is 13.3 Å². The van der Waals surface area contributed by atoms with Gasteiger partial charge in [0.2, 0.25) is 0 Å². The summed E-state index contributed by atoms with van der Waals surface area (Å²) in [6.07, 6.45) is -0.525. The number of aryl methyl sites for hydroxylation is 1. The third kappa shape index (κ3) is 4.04. The number of aliphatic hydroxyl groups is 1. The van der Waals surface area contributed by atoms with Gasteiger partial charge in [0.1, 0.15) is 0 Å². The Labute approximate surface area is 102 Å². The fraction of sp³-hybridized carbons (Fsp3) is 0.500. The molecule has 0 bridgehead atoms. The van der Waals surface area contributed by atoms with Gasteiger partial charge in [0.15, 0.2) is 10.3 Å². The van der Waals surface area contributed by atoms with Crippen molar-refractivity contribution in [2.75, 3.05) is 6.54 Å². The number of nitrogens with one attached hydrogen (secondary N) is 1. The van der Waals surface area contributed by atoms with Crippen LogP contribution in [0.3, 0.4) is 0 Å². The zero-order valence-corrected chi connectivity index (χ0v) is 10.6. The molecule has 0 saturated carbocycles. The third-order valence-electron chi connectivity index (χ3n) is 1.86. The predicted molar refractivity (Wildman–Crippen MR) is 60.3 cm³/mol. The molecule has 0 aliphatic heterocycles. The van der Waals surface area contributed by atoms with Crippen molar-refractivity contribution >= 4 is 27.3 Å². The van der Waals surface area contributed by atoms with Crippen LogP contribution in [0.4, 0.5) is 0 Å². The molecule has 1 heterocycles. The number of rotatable bonds is 6. The summed E-state index contributed by atoms with van der Waals surface area (Å²) in [5.41, 5.74) is 0. The van der Waals surface area contributed by atoms with Gasteiger partial charge < -0.3 is 10.2 Å². The highest BCUT2D eigenvalue weighted by atomic mass is 32.2. The maximum atomic E-state index is 11.6.